The van der Waals surface area contributed by atoms with Gasteiger partial charge >= 0.3 is 0 Å². The molecule has 3 rings (SSSR count). The molecule has 0 unspecified atom stereocenters. The van der Waals surface area contributed by atoms with E-state index in [1.807, 2.05) is 18.2 Å². The average molecular weight is 268 g/mol. The summed E-state index contributed by atoms with van der Waals surface area (Å²) in [5.41, 5.74) is 7.72. The molecule has 0 spiro atoms. The number of halogens is 2. The molecule has 0 radical (unpaired) electrons. The Balaban J connectivity index is 2.11. The van der Waals surface area contributed by atoms with Crippen LogP contribution in [0, 0.1) is 0 Å². The molecule has 1 aromatic heterocycles. The van der Waals surface area contributed by atoms with E-state index in [1.54, 1.807) is 10.7 Å². The number of nitrogens with two attached hydrogens (primary N) is 1. The number of aromatic nitrogens is 2. The first-order valence-electron chi connectivity index (χ1n) is 5.46. The lowest BCUT2D eigenvalue weighted by Crippen LogP contribution is -2.02. The Bertz CT molecular complexity index is 573. The smallest absolute Gasteiger partial charge is 0.127 e. The zero-order valence-electron chi connectivity index (χ0n) is 9.03. The number of nitrogen functional groups attached to an aromatic ring is 1. The van der Waals surface area contributed by atoms with Gasteiger partial charge < -0.3 is 5.73 Å². The molecule has 1 aliphatic rings. The second-order valence-corrected chi connectivity index (χ2v) is 5.04. The summed E-state index contributed by atoms with van der Waals surface area (Å²) in [5.74, 6) is 1.16. The van der Waals surface area contributed by atoms with Crippen molar-refractivity contribution in [3.05, 3.63) is 40.0 Å². The second kappa shape index (κ2) is 3.93. The fraction of sp³-hybridized carbons (Fsp3) is 0.250. The van der Waals surface area contributed by atoms with Crippen molar-refractivity contribution >= 4 is 29.0 Å². The highest BCUT2D eigenvalue weighted by atomic mass is 35.5. The predicted molar refractivity (Wildman–Crippen MR) is 70.0 cm³/mol. The minimum atomic E-state index is 0.478. The largest absolute Gasteiger partial charge is 0.384 e. The van der Waals surface area contributed by atoms with E-state index in [-0.39, 0.29) is 0 Å². The van der Waals surface area contributed by atoms with Crippen LogP contribution >= 0.6 is 23.2 Å². The molecule has 5 heteroatoms. The first-order chi connectivity index (χ1) is 8.16. The van der Waals surface area contributed by atoms with E-state index in [0.29, 0.717) is 21.8 Å². The van der Waals surface area contributed by atoms with Crippen LogP contribution < -0.4 is 5.73 Å². The molecule has 3 nitrogen and oxygen atoms in total. The van der Waals surface area contributed by atoms with Gasteiger partial charge in [0.2, 0.25) is 0 Å². The first-order valence-corrected chi connectivity index (χ1v) is 6.22. The summed E-state index contributed by atoms with van der Waals surface area (Å²) in [7, 11) is 0. The van der Waals surface area contributed by atoms with E-state index in [9.17, 15) is 0 Å². The van der Waals surface area contributed by atoms with Gasteiger partial charge in [0.15, 0.2) is 0 Å². The summed E-state index contributed by atoms with van der Waals surface area (Å²) in [6, 6.07) is 7.35. The van der Waals surface area contributed by atoms with Gasteiger partial charge in [-0.2, -0.15) is 5.10 Å². The lowest BCUT2D eigenvalue weighted by atomic mass is 10.3. The SMILES string of the molecule is Nc1cc(C2CC2)nn1-c1cccc(Cl)c1Cl. The maximum absolute atomic E-state index is 6.16. The molecule has 17 heavy (non-hydrogen) atoms. The molecule has 1 heterocycles. The Hall–Kier alpha value is -1.19. The van der Waals surface area contributed by atoms with E-state index in [2.05, 4.69) is 5.10 Å². The van der Waals surface area contributed by atoms with Gasteiger partial charge in [0.1, 0.15) is 5.82 Å². The maximum Gasteiger partial charge on any atom is 0.127 e. The molecule has 1 fully saturated rings. The first kappa shape index (κ1) is 10.9. The second-order valence-electron chi connectivity index (χ2n) is 4.25. The molecule has 2 aromatic rings. The van der Waals surface area contributed by atoms with Gasteiger partial charge in [-0.1, -0.05) is 29.3 Å². The van der Waals surface area contributed by atoms with Gasteiger partial charge in [-0.25, -0.2) is 4.68 Å². The number of nitrogens with zero attached hydrogens (tertiary/aromatic N) is 2. The number of hydrogen-bond donors (Lipinski definition) is 1. The van der Waals surface area contributed by atoms with Crippen molar-refractivity contribution < 1.29 is 0 Å². The third-order valence-electron chi connectivity index (χ3n) is 2.91. The zero-order chi connectivity index (χ0) is 12.0. The van der Waals surface area contributed by atoms with Gasteiger partial charge in [-0.3, -0.25) is 0 Å². The Morgan fingerprint density at radius 3 is 2.76 bits per heavy atom. The number of benzene rings is 1. The van der Waals surface area contributed by atoms with Gasteiger partial charge in [-0.05, 0) is 25.0 Å². The van der Waals surface area contributed by atoms with E-state index in [1.165, 1.54) is 12.8 Å². The Labute approximate surface area is 109 Å². The third-order valence-corrected chi connectivity index (χ3v) is 3.72. The highest BCUT2D eigenvalue weighted by molar-refractivity contribution is 6.43. The Morgan fingerprint density at radius 1 is 1.29 bits per heavy atom. The van der Waals surface area contributed by atoms with Gasteiger partial charge in [-0.15, -0.1) is 0 Å². The number of rotatable bonds is 2. The average Bonchev–Trinajstić information content (AvgIpc) is 3.07. The fourth-order valence-corrected chi connectivity index (χ4v) is 2.22. The van der Waals surface area contributed by atoms with Crippen molar-refractivity contribution in [3.63, 3.8) is 0 Å². The molecule has 1 saturated carbocycles. The van der Waals surface area contributed by atoms with Crippen molar-refractivity contribution in [1.82, 2.24) is 9.78 Å². The van der Waals surface area contributed by atoms with E-state index < -0.39 is 0 Å². The predicted octanol–water partition coefficient (Wildman–Crippen LogP) is 3.64. The monoisotopic (exact) mass is 267 g/mol. The molecule has 0 atom stereocenters. The molecule has 0 bridgehead atoms. The molecule has 1 aliphatic carbocycles. The summed E-state index contributed by atoms with van der Waals surface area (Å²) in [5, 5.41) is 5.48. The van der Waals surface area contributed by atoms with Gasteiger partial charge in [0.25, 0.3) is 0 Å². The quantitative estimate of drug-likeness (QED) is 0.903. The molecule has 88 valence electrons. The zero-order valence-corrected chi connectivity index (χ0v) is 10.5. The van der Waals surface area contributed by atoms with Crippen LogP contribution in [-0.2, 0) is 0 Å². The van der Waals surface area contributed by atoms with Crippen LogP contribution in [0.4, 0.5) is 5.82 Å². The van der Waals surface area contributed by atoms with Crippen LogP contribution in [0.3, 0.4) is 0 Å². The molecule has 0 saturated heterocycles. The fourth-order valence-electron chi connectivity index (χ4n) is 1.84. The van der Waals surface area contributed by atoms with Crippen molar-refractivity contribution in [2.24, 2.45) is 0 Å². The van der Waals surface area contributed by atoms with Crippen LogP contribution in [0.1, 0.15) is 24.5 Å². The lowest BCUT2D eigenvalue weighted by Gasteiger charge is -2.07. The van der Waals surface area contributed by atoms with E-state index in [0.717, 1.165) is 11.4 Å². The molecular formula is C12H11Cl2N3. The summed E-state index contributed by atoms with van der Waals surface area (Å²) >= 11 is 12.1. The van der Waals surface area contributed by atoms with Crippen LogP contribution in [0.5, 0.6) is 0 Å². The minimum Gasteiger partial charge on any atom is -0.384 e. The van der Waals surface area contributed by atoms with Crippen molar-refractivity contribution in [2.45, 2.75) is 18.8 Å². The van der Waals surface area contributed by atoms with Crippen molar-refractivity contribution in [2.75, 3.05) is 5.73 Å². The lowest BCUT2D eigenvalue weighted by molar-refractivity contribution is 0.845. The topological polar surface area (TPSA) is 43.8 Å². The Morgan fingerprint density at radius 2 is 2.06 bits per heavy atom. The van der Waals surface area contributed by atoms with Gasteiger partial charge in [0.05, 0.1) is 21.4 Å². The van der Waals surface area contributed by atoms with Crippen molar-refractivity contribution in [3.8, 4) is 5.69 Å². The summed E-state index contributed by atoms with van der Waals surface area (Å²) in [6.07, 6.45) is 2.39. The third kappa shape index (κ3) is 1.90. The normalized spacial score (nSPS) is 15.2. The Kier molecular flexibility index (Phi) is 2.53. The highest BCUT2D eigenvalue weighted by Crippen LogP contribution is 2.40. The van der Waals surface area contributed by atoms with Gasteiger partial charge in [0, 0.05) is 12.0 Å². The van der Waals surface area contributed by atoms with E-state index in [4.69, 9.17) is 28.9 Å². The van der Waals surface area contributed by atoms with Crippen LogP contribution in [0.15, 0.2) is 24.3 Å². The number of hydrogen-bond acceptors (Lipinski definition) is 2. The highest BCUT2D eigenvalue weighted by Gasteiger charge is 2.27. The molecular weight excluding hydrogens is 257 g/mol. The van der Waals surface area contributed by atoms with Crippen LogP contribution in [-0.4, -0.2) is 9.78 Å². The summed E-state index contributed by atoms with van der Waals surface area (Å²) < 4.78 is 1.65. The minimum absolute atomic E-state index is 0.478. The standard InChI is InChI=1S/C12H11Cl2N3/c13-8-2-1-3-10(12(8)14)17-11(15)6-9(16-17)7-4-5-7/h1-3,6-7H,4-5,15H2. The molecule has 0 aliphatic heterocycles. The van der Waals surface area contributed by atoms with Crippen LogP contribution in [0.2, 0.25) is 10.0 Å². The number of anilines is 1. The van der Waals surface area contributed by atoms with Crippen LogP contribution in [0.25, 0.3) is 5.69 Å². The summed E-state index contributed by atoms with van der Waals surface area (Å²) in [6.45, 7) is 0. The van der Waals surface area contributed by atoms with Crippen molar-refractivity contribution in [1.29, 1.82) is 0 Å². The maximum atomic E-state index is 6.16. The molecule has 2 N–H and O–H groups in total. The summed E-state index contributed by atoms with van der Waals surface area (Å²) in [4.78, 5) is 0. The van der Waals surface area contributed by atoms with E-state index >= 15 is 0 Å². The molecule has 0 amide bonds. The molecule has 1 aromatic carbocycles.